The molecule has 2 rings (SSSR count). The minimum Gasteiger partial charge on any atom is -0.396 e. The lowest BCUT2D eigenvalue weighted by Crippen LogP contribution is -2.08. The molecule has 1 heterocycles. The molecule has 0 saturated heterocycles. The van der Waals surface area contributed by atoms with Crippen molar-refractivity contribution in [3.63, 3.8) is 0 Å². The normalized spacial score (nSPS) is 10.1. The summed E-state index contributed by atoms with van der Waals surface area (Å²) in [5.41, 5.74) is 5.74. The molecule has 0 aliphatic heterocycles. The van der Waals surface area contributed by atoms with Crippen LogP contribution in [0, 0.1) is 5.82 Å². The summed E-state index contributed by atoms with van der Waals surface area (Å²) in [6.45, 7) is 0. The molecule has 16 heavy (non-hydrogen) atoms. The van der Waals surface area contributed by atoms with Gasteiger partial charge in [-0.2, -0.15) is 0 Å². The SMILES string of the molecule is Nc1c(F)cccc1C(=O)c1ccccn1. The van der Waals surface area contributed by atoms with Crippen molar-refractivity contribution < 1.29 is 9.18 Å². The number of nitrogens with zero attached hydrogens (tertiary/aromatic N) is 1. The number of hydrogen-bond acceptors (Lipinski definition) is 3. The number of aromatic nitrogens is 1. The topological polar surface area (TPSA) is 56.0 Å². The van der Waals surface area contributed by atoms with E-state index >= 15 is 0 Å². The average molecular weight is 216 g/mol. The fourth-order valence-corrected chi connectivity index (χ4v) is 1.37. The van der Waals surface area contributed by atoms with Crippen LogP contribution in [-0.4, -0.2) is 10.8 Å². The second-order valence-electron chi connectivity index (χ2n) is 3.25. The van der Waals surface area contributed by atoms with Crippen LogP contribution < -0.4 is 5.73 Å². The van der Waals surface area contributed by atoms with E-state index in [-0.39, 0.29) is 22.7 Å². The molecule has 2 N–H and O–H groups in total. The largest absolute Gasteiger partial charge is 0.396 e. The van der Waals surface area contributed by atoms with Gasteiger partial charge in [-0.1, -0.05) is 12.1 Å². The highest BCUT2D eigenvalue weighted by Gasteiger charge is 2.14. The number of nitrogen functional groups attached to an aromatic ring is 1. The summed E-state index contributed by atoms with van der Waals surface area (Å²) in [5, 5.41) is 0. The van der Waals surface area contributed by atoms with Crippen LogP contribution in [-0.2, 0) is 0 Å². The Hall–Kier alpha value is -2.23. The van der Waals surface area contributed by atoms with Crippen LogP contribution in [0.4, 0.5) is 10.1 Å². The molecule has 0 unspecified atom stereocenters. The van der Waals surface area contributed by atoms with Crippen molar-refractivity contribution in [1.82, 2.24) is 4.98 Å². The predicted octanol–water partition coefficient (Wildman–Crippen LogP) is 2.03. The van der Waals surface area contributed by atoms with Crippen LogP contribution in [0.3, 0.4) is 0 Å². The molecule has 1 aromatic heterocycles. The number of rotatable bonds is 2. The lowest BCUT2D eigenvalue weighted by molar-refractivity contribution is 0.103. The molecular weight excluding hydrogens is 207 g/mol. The van der Waals surface area contributed by atoms with Crippen LogP contribution in [0.25, 0.3) is 0 Å². The number of anilines is 1. The Balaban J connectivity index is 2.46. The lowest BCUT2D eigenvalue weighted by atomic mass is 10.1. The number of hydrogen-bond donors (Lipinski definition) is 1. The summed E-state index contributed by atoms with van der Waals surface area (Å²) in [7, 11) is 0. The van der Waals surface area contributed by atoms with Gasteiger partial charge in [-0.05, 0) is 24.3 Å². The third-order valence-corrected chi connectivity index (χ3v) is 2.20. The second-order valence-corrected chi connectivity index (χ2v) is 3.25. The third kappa shape index (κ3) is 1.77. The van der Waals surface area contributed by atoms with Crippen LogP contribution in [0.15, 0.2) is 42.6 Å². The Labute approximate surface area is 91.7 Å². The molecule has 1 aromatic carbocycles. The Bertz CT molecular complexity index is 526. The maximum atomic E-state index is 13.2. The fourth-order valence-electron chi connectivity index (χ4n) is 1.37. The zero-order valence-electron chi connectivity index (χ0n) is 8.35. The number of benzene rings is 1. The molecule has 0 radical (unpaired) electrons. The van der Waals surface area contributed by atoms with E-state index in [0.717, 1.165) is 0 Å². The highest BCUT2D eigenvalue weighted by Crippen LogP contribution is 2.18. The number of halogens is 1. The van der Waals surface area contributed by atoms with Crippen LogP contribution >= 0.6 is 0 Å². The first-order valence-corrected chi connectivity index (χ1v) is 4.70. The number of pyridine rings is 1. The molecule has 80 valence electrons. The van der Waals surface area contributed by atoms with E-state index in [1.54, 1.807) is 18.2 Å². The summed E-state index contributed by atoms with van der Waals surface area (Å²) in [6, 6.07) is 9.09. The molecule has 0 spiro atoms. The van der Waals surface area contributed by atoms with Gasteiger partial charge >= 0.3 is 0 Å². The van der Waals surface area contributed by atoms with Crippen molar-refractivity contribution in [1.29, 1.82) is 0 Å². The second kappa shape index (κ2) is 4.10. The molecular formula is C12H9FN2O. The summed E-state index contributed by atoms with van der Waals surface area (Å²) in [5.74, 6) is -0.973. The van der Waals surface area contributed by atoms with Crippen molar-refractivity contribution in [2.24, 2.45) is 0 Å². The highest BCUT2D eigenvalue weighted by molar-refractivity contribution is 6.10. The van der Waals surface area contributed by atoms with Gasteiger partial charge < -0.3 is 5.73 Å². The number of ketones is 1. The van der Waals surface area contributed by atoms with Crippen LogP contribution in [0.1, 0.15) is 16.1 Å². The Morgan fingerprint density at radius 1 is 1.19 bits per heavy atom. The zero-order chi connectivity index (χ0) is 11.5. The Morgan fingerprint density at radius 2 is 2.00 bits per heavy atom. The van der Waals surface area contributed by atoms with Gasteiger partial charge in [0, 0.05) is 6.20 Å². The van der Waals surface area contributed by atoms with Crippen molar-refractivity contribution in [2.75, 3.05) is 5.73 Å². The zero-order valence-corrected chi connectivity index (χ0v) is 8.35. The van der Waals surface area contributed by atoms with Crippen molar-refractivity contribution >= 4 is 11.5 Å². The van der Waals surface area contributed by atoms with E-state index in [9.17, 15) is 9.18 Å². The van der Waals surface area contributed by atoms with Gasteiger partial charge in [0.1, 0.15) is 11.5 Å². The van der Waals surface area contributed by atoms with Gasteiger partial charge in [0.2, 0.25) is 5.78 Å². The van der Waals surface area contributed by atoms with Crippen LogP contribution in [0.2, 0.25) is 0 Å². The van der Waals surface area contributed by atoms with Gasteiger partial charge in [-0.3, -0.25) is 9.78 Å². The molecule has 0 aliphatic carbocycles. The first-order chi connectivity index (χ1) is 7.70. The number of carbonyl (C=O) groups is 1. The van der Waals surface area contributed by atoms with Gasteiger partial charge in [-0.25, -0.2) is 4.39 Å². The molecule has 0 bridgehead atoms. The van der Waals surface area contributed by atoms with E-state index in [0.29, 0.717) is 0 Å². The van der Waals surface area contributed by atoms with E-state index in [2.05, 4.69) is 4.98 Å². The average Bonchev–Trinajstić information content (AvgIpc) is 2.33. The van der Waals surface area contributed by atoms with Crippen molar-refractivity contribution in [3.05, 3.63) is 59.7 Å². The molecule has 0 atom stereocenters. The van der Waals surface area contributed by atoms with Gasteiger partial charge in [-0.15, -0.1) is 0 Å². The van der Waals surface area contributed by atoms with E-state index < -0.39 is 5.82 Å². The summed E-state index contributed by atoms with van der Waals surface area (Å²) < 4.78 is 13.2. The quantitative estimate of drug-likeness (QED) is 0.617. The van der Waals surface area contributed by atoms with E-state index in [1.807, 2.05) is 0 Å². The van der Waals surface area contributed by atoms with E-state index in [1.165, 1.54) is 24.4 Å². The van der Waals surface area contributed by atoms with Crippen molar-refractivity contribution in [3.8, 4) is 0 Å². The molecule has 4 heteroatoms. The lowest BCUT2D eigenvalue weighted by Gasteiger charge is -2.04. The molecule has 0 aliphatic rings. The molecule has 0 fully saturated rings. The van der Waals surface area contributed by atoms with Crippen LogP contribution in [0.5, 0.6) is 0 Å². The number of para-hydroxylation sites is 1. The smallest absolute Gasteiger partial charge is 0.213 e. The fraction of sp³-hybridized carbons (Fsp3) is 0. The first kappa shape index (κ1) is 10.3. The van der Waals surface area contributed by atoms with Gasteiger partial charge in [0.25, 0.3) is 0 Å². The number of nitrogens with two attached hydrogens (primary N) is 1. The molecule has 0 amide bonds. The minimum atomic E-state index is -0.596. The standard InChI is InChI=1S/C12H9FN2O/c13-9-5-3-4-8(11(9)14)12(16)10-6-1-2-7-15-10/h1-7H,14H2. The minimum absolute atomic E-state index is 0.138. The highest BCUT2D eigenvalue weighted by atomic mass is 19.1. The maximum absolute atomic E-state index is 13.2. The summed E-state index contributed by atoms with van der Waals surface area (Å²) in [6.07, 6.45) is 1.50. The summed E-state index contributed by atoms with van der Waals surface area (Å²) in [4.78, 5) is 15.8. The molecule has 2 aromatic rings. The maximum Gasteiger partial charge on any atom is 0.213 e. The Kier molecular flexibility index (Phi) is 2.64. The third-order valence-electron chi connectivity index (χ3n) is 2.20. The van der Waals surface area contributed by atoms with Gasteiger partial charge in [0.05, 0.1) is 11.3 Å². The molecule has 3 nitrogen and oxygen atoms in total. The number of carbonyl (C=O) groups excluding carboxylic acids is 1. The Morgan fingerprint density at radius 3 is 2.69 bits per heavy atom. The predicted molar refractivity (Wildman–Crippen MR) is 58.5 cm³/mol. The van der Waals surface area contributed by atoms with E-state index in [4.69, 9.17) is 5.73 Å². The molecule has 0 saturated carbocycles. The van der Waals surface area contributed by atoms with Gasteiger partial charge in [0.15, 0.2) is 0 Å². The van der Waals surface area contributed by atoms with Crippen molar-refractivity contribution in [2.45, 2.75) is 0 Å². The summed E-state index contributed by atoms with van der Waals surface area (Å²) >= 11 is 0. The monoisotopic (exact) mass is 216 g/mol. The first-order valence-electron chi connectivity index (χ1n) is 4.70.